The van der Waals surface area contributed by atoms with E-state index in [2.05, 4.69) is 5.32 Å². The van der Waals surface area contributed by atoms with Crippen LogP contribution in [0, 0.1) is 0 Å². The van der Waals surface area contributed by atoms with Crippen molar-refractivity contribution >= 4 is 0 Å². The lowest BCUT2D eigenvalue weighted by atomic mass is 10.0. The molecule has 0 amide bonds. The highest BCUT2D eigenvalue weighted by molar-refractivity contribution is 5.20. The minimum absolute atomic E-state index is 0.685. The van der Waals surface area contributed by atoms with E-state index in [1.807, 2.05) is 30.3 Å². The Balaban J connectivity index is 1.38. The highest BCUT2D eigenvalue weighted by Gasteiger charge is 2.11. The Morgan fingerprint density at radius 3 is 2.65 bits per heavy atom. The molecule has 0 aliphatic carbocycles. The molecule has 1 saturated heterocycles. The quantitative estimate of drug-likeness (QED) is 0.702. The molecule has 1 aliphatic rings. The normalized spacial score (nSPS) is 18.9. The van der Waals surface area contributed by atoms with Gasteiger partial charge in [0.25, 0.3) is 0 Å². The van der Waals surface area contributed by atoms with Crippen LogP contribution in [0.2, 0.25) is 0 Å². The summed E-state index contributed by atoms with van der Waals surface area (Å²) < 4.78 is 11.3. The lowest BCUT2D eigenvalue weighted by molar-refractivity contribution is 0.114. The molecule has 0 spiro atoms. The summed E-state index contributed by atoms with van der Waals surface area (Å²) in [6.07, 6.45) is 7.30. The lowest BCUT2D eigenvalue weighted by Crippen LogP contribution is -2.34. The van der Waals surface area contributed by atoms with E-state index >= 15 is 0 Å². The highest BCUT2D eigenvalue weighted by atomic mass is 16.5. The Kier molecular flexibility index (Phi) is 7.50. The molecule has 0 aromatic heterocycles. The number of rotatable bonds is 9. The van der Waals surface area contributed by atoms with E-state index < -0.39 is 0 Å². The smallest absolute Gasteiger partial charge is 0.119 e. The van der Waals surface area contributed by atoms with Gasteiger partial charge in [0, 0.05) is 19.3 Å². The van der Waals surface area contributed by atoms with Crippen molar-refractivity contribution in [2.45, 2.75) is 44.6 Å². The van der Waals surface area contributed by atoms with Crippen LogP contribution in [0.4, 0.5) is 0 Å². The number of unbranched alkanes of at least 4 members (excludes halogenated alkanes) is 1. The zero-order valence-corrected chi connectivity index (χ0v) is 12.4. The first kappa shape index (κ1) is 15.3. The molecular formula is C17H27NO2. The summed E-state index contributed by atoms with van der Waals surface area (Å²) >= 11 is 0. The number of ether oxygens (including phenoxy) is 2. The highest BCUT2D eigenvalue weighted by Crippen LogP contribution is 2.10. The zero-order valence-electron chi connectivity index (χ0n) is 12.4. The first-order valence-corrected chi connectivity index (χ1v) is 7.94. The standard InChI is InChI=1S/C17H27NO2/c1-2-9-17(10-3-1)20-14-7-6-13-19-15-11-16-8-4-5-12-18-16/h1-3,9-10,16,18H,4-8,11-15H2. The second kappa shape index (κ2) is 9.78. The summed E-state index contributed by atoms with van der Waals surface area (Å²) in [4.78, 5) is 0. The van der Waals surface area contributed by atoms with Gasteiger partial charge in [-0.2, -0.15) is 0 Å². The van der Waals surface area contributed by atoms with Crippen LogP contribution >= 0.6 is 0 Å². The van der Waals surface area contributed by atoms with Gasteiger partial charge in [-0.05, 0) is 50.8 Å². The number of para-hydroxylation sites is 1. The molecule has 3 nitrogen and oxygen atoms in total. The summed E-state index contributed by atoms with van der Waals surface area (Å²) in [5.41, 5.74) is 0. The molecule has 1 heterocycles. The van der Waals surface area contributed by atoms with Gasteiger partial charge >= 0.3 is 0 Å². The van der Waals surface area contributed by atoms with Crippen LogP contribution < -0.4 is 10.1 Å². The summed E-state index contributed by atoms with van der Waals surface area (Å²) in [7, 11) is 0. The van der Waals surface area contributed by atoms with Gasteiger partial charge in [-0.3, -0.25) is 0 Å². The molecule has 112 valence electrons. The van der Waals surface area contributed by atoms with Crippen LogP contribution in [0.15, 0.2) is 30.3 Å². The van der Waals surface area contributed by atoms with Crippen molar-refractivity contribution in [3.63, 3.8) is 0 Å². The second-order valence-corrected chi connectivity index (χ2v) is 5.42. The maximum Gasteiger partial charge on any atom is 0.119 e. The summed E-state index contributed by atoms with van der Waals surface area (Å²) in [5, 5.41) is 3.55. The fourth-order valence-corrected chi connectivity index (χ4v) is 2.51. The van der Waals surface area contributed by atoms with Crippen LogP contribution in [0.5, 0.6) is 5.75 Å². The van der Waals surface area contributed by atoms with Gasteiger partial charge in [0.1, 0.15) is 5.75 Å². The van der Waals surface area contributed by atoms with Crippen LogP contribution in [0.1, 0.15) is 38.5 Å². The van der Waals surface area contributed by atoms with E-state index in [9.17, 15) is 0 Å². The van der Waals surface area contributed by atoms with Crippen molar-refractivity contribution in [3.05, 3.63) is 30.3 Å². The fourth-order valence-electron chi connectivity index (χ4n) is 2.51. The molecule has 3 heteroatoms. The van der Waals surface area contributed by atoms with Crippen LogP contribution in [0.25, 0.3) is 0 Å². The van der Waals surface area contributed by atoms with Gasteiger partial charge in [0.05, 0.1) is 6.61 Å². The summed E-state index contributed by atoms with van der Waals surface area (Å²) in [5.74, 6) is 0.955. The van der Waals surface area contributed by atoms with E-state index in [0.717, 1.165) is 44.8 Å². The Hall–Kier alpha value is -1.06. The van der Waals surface area contributed by atoms with Crippen LogP contribution in [0.3, 0.4) is 0 Å². The van der Waals surface area contributed by atoms with Gasteiger partial charge < -0.3 is 14.8 Å². The Labute approximate surface area is 122 Å². The predicted octanol–water partition coefficient (Wildman–Crippen LogP) is 3.39. The number of piperidine rings is 1. The topological polar surface area (TPSA) is 30.5 Å². The zero-order chi connectivity index (χ0) is 13.9. The molecular weight excluding hydrogens is 250 g/mol. The van der Waals surface area contributed by atoms with Crippen LogP contribution in [-0.4, -0.2) is 32.4 Å². The third-order valence-corrected chi connectivity index (χ3v) is 3.72. The van der Waals surface area contributed by atoms with Crippen molar-refractivity contribution in [1.29, 1.82) is 0 Å². The number of hydrogen-bond acceptors (Lipinski definition) is 3. The van der Waals surface area contributed by atoms with Crippen molar-refractivity contribution in [2.24, 2.45) is 0 Å². The van der Waals surface area contributed by atoms with Gasteiger partial charge in [0.2, 0.25) is 0 Å². The summed E-state index contributed by atoms with van der Waals surface area (Å²) in [6.45, 7) is 3.70. The lowest BCUT2D eigenvalue weighted by Gasteiger charge is -2.23. The number of nitrogens with one attached hydrogen (secondary N) is 1. The van der Waals surface area contributed by atoms with Crippen molar-refractivity contribution in [3.8, 4) is 5.75 Å². The monoisotopic (exact) mass is 277 g/mol. The molecule has 1 aromatic rings. The van der Waals surface area contributed by atoms with Gasteiger partial charge in [0.15, 0.2) is 0 Å². The predicted molar refractivity (Wildman–Crippen MR) is 82.2 cm³/mol. The minimum atomic E-state index is 0.685. The fraction of sp³-hybridized carbons (Fsp3) is 0.647. The van der Waals surface area contributed by atoms with E-state index in [-0.39, 0.29) is 0 Å². The third-order valence-electron chi connectivity index (χ3n) is 3.72. The molecule has 20 heavy (non-hydrogen) atoms. The average Bonchev–Trinajstić information content (AvgIpc) is 2.52. The van der Waals surface area contributed by atoms with E-state index in [1.165, 1.54) is 25.8 Å². The molecule has 1 atom stereocenters. The van der Waals surface area contributed by atoms with Crippen LogP contribution in [-0.2, 0) is 4.74 Å². The van der Waals surface area contributed by atoms with Crippen molar-refractivity contribution in [2.75, 3.05) is 26.4 Å². The summed E-state index contributed by atoms with van der Waals surface area (Å²) in [6, 6.07) is 10.7. The third kappa shape index (κ3) is 6.40. The Morgan fingerprint density at radius 2 is 1.85 bits per heavy atom. The van der Waals surface area contributed by atoms with E-state index in [4.69, 9.17) is 9.47 Å². The molecule has 1 N–H and O–H groups in total. The maximum absolute atomic E-state index is 5.69. The Morgan fingerprint density at radius 1 is 1.00 bits per heavy atom. The SMILES string of the molecule is c1ccc(OCCCCOCCC2CCCCN2)cc1. The Bertz CT molecular complexity index is 336. The van der Waals surface area contributed by atoms with E-state index in [0.29, 0.717) is 6.04 Å². The molecule has 1 aromatic carbocycles. The number of hydrogen-bond donors (Lipinski definition) is 1. The minimum Gasteiger partial charge on any atom is -0.494 e. The molecule has 2 rings (SSSR count). The molecule has 1 fully saturated rings. The molecule has 1 aliphatic heterocycles. The van der Waals surface area contributed by atoms with Gasteiger partial charge in [-0.15, -0.1) is 0 Å². The first-order chi connectivity index (χ1) is 9.95. The van der Waals surface area contributed by atoms with E-state index in [1.54, 1.807) is 0 Å². The average molecular weight is 277 g/mol. The molecule has 0 radical (unpaired) electrons. The largest absolute Gasteiger partial charge is 0.494 e. The second-order valence-electron chi connectivity index (χ2n) is 5.42. The molecule has 0 saturated carbocycles. The van der Waals surface area contributed by atoms with Crippen molar-refractivity contribution in [1.82, 2.24) is 5.32 Å². The van der Waals surface area contributed by atoms with Gasteiger partial charge in [-0.25, -0.2) is 0 Å². The first-order valence-electron chi connectivity index (χ1n) is 7.94. The maximum atomic E-state index is 5.69. The number of benzene rings is 1. The molecule has 1 unspecified atom stereocenters. The van der Waals surface area contributed by atoms with Crippen molar-refractivity contribution < 1.29 is 9.47 Å². The van der Waals surface area contributed by atoms with Gasteiger partial charge in [-0.1, -0.05) is 24.6 Å². The molecule has 0 bridgehead atoms.